The lowest BCUT2D eigenvalue weighted by atomic mass is 10.0. The smallest absolute Gasteiger partial charge is 0.332 e. The Labute approximate surface area is 177 Å². The van der Waals surface area contributed by atoms with Crippen molar-refractivity contribution in [2.45, 2.75) is 109 Å². The molecule has 1 rings (SSSR count). The molecule has 29 heavy (non-hydrogen) atoms. The SMILES string of the molecule is O=C(O)C(CCCCCCCCCCCCCCCCO)OCc1ccccc1. The molecule has 0 saturated carbocycles. The molecule has 0 spiro atoms. The van der Waals surface area contributed by atoms with Crippen molar-refractivity contribution in [1.29, 1.82) is 0 Å². The van der Waals surface area contributed by atoms with E-state index in [-0.39, 0.29) is 0 Å². The van der Waals surface area contributed by atoms with E-state index >= 15 is 0 Å². The summed E-state index contributed by atoms with van der Waals surface area (Å²) in [6, 6.07) is 9.74. The molecule has 0 bridgehead atoms. The lowest BCUT2D eigenvalue weighted by Crippen LogP contribution is -2.23. The van der Waals surface area contributed by atoms with Crippen molar-refractivity contribution < 1.29 is 19.7 Å². The van der Waals surface area contributed by atoms with Crippen LogP contribution in [0, 0.1) is 0 Å². The Morgan fingerprint density at radius 3 is 1.62 bits per heavy atom. The van der Waals surface area contributed by atoms with E-state index in [0.717, 1.165) is 24.8 Å². The summed E-state index contributed by atoms with van der Waals surface area (Å²) in [5.41, 5.74) is 1.01. The molecule has 0 amide bonds. The number of rotatable bonds is 20. The molecule has 0 radical (unpaired) electrons. The summed E-state index contributed by atoms with van der Waals surface area (Å²) in [5.74, 6) is -0.852. The van der Waals surface area contributed by atoms with Gasteiger partial charge in [-0.2, -0.15) is 0 Å². The number of carbonyl (C=O) groups is 1. The number of carboxylic acid groups (broad SMARTS) is 1. The second-order valence-corrected chi connectivity index (χ2v) is 8.09. The third kappa shape index (κ3) is 15.2. The first-order valence-electron chi connectivity index (χ1n) is 11.7. The quantitative estimate of drug-likeness (QED) is 0.243. The molecule has 166 valence electrons. The van der Waals surface area contributed by atoms with E-state index in [9.17, 15) is 9.90 Å². The summed E-state index contributed by atoms with van der Waals surface area (Å²) >= 11 is 0. The van der Waals surface area contributed by atoms with Gasteiger partial charge in [-0.1, -0.05) is 114 Å². The zero-order valence-corrected chi connectivity index (χ0v) is 18.2. The molecule has 1 atom stereocenters. The fraction of sp³-hybridized carbons (Fsp3) is 0.720. The van der Waals surface area contributed by atoms with Crippen LogP contribution in [0.15, 0.2) is 30.3 Å². The summed E-state index contributed by atoms with van der Waals surface area (Å²) in [4.78, 5) is 11.4. The van der Waals surface area contributed by atoms with Gasteiger partial charge in [0.05, 0.1) is 6.61 Å². The van der Waals surface area contributed by atoms with Crippen molar-refractivity contribution in [3.63, 3.8) is 0 Å². The highest BCUT2D eigenvalue weighted by Crippen LogP contribution is 2.15. The zero-order valence-electron chi connectivity index (χ0n) is 18.2. The van der Waals surface area contributed by atoms with Crippen LogP contribution in [0.4, 0.5) is 0 Å². The highest BCUT2D eigenvalue weighted by molar-refractivity contribution is 5.72. The first kappa shape index (κ1) is 25.6. The normalized spacial score (nSPS) is 12.2. The van der Waals surface area contributed by atoms with Gasteiger partial charge in [-0.05, 0) is 18.4 Å². The average Bonchev–Trinajstić information content (AvgIpc) is 2.73. The monoisotopic (exact) mass is 406 g/mol. The van der Waals surface area contributed by atoms with Crippen molar-refractivity contribution in [1.82, 2.24) is 0 Å². The largest absolute Gasteiger partial charge is 0.479 e. The fourth-order valence-electron chi connectivity index (χ4n) is 3.61. The zero-order chi connectivity index (χ0) is 21.0. The van der Waals surface area contributed by atoms with Gasteiger partial charge in [-0.3, -0.25) is 0 Å². The predicted octanol–water partition coefficient (Wildman–Crippen LogP) is 6.50. The number of hydrogen-bond donors (Lipinski definition) is 2. The second-order valence-electron chi connectivity index (χ2n) is 8.09. The Balaban J connectivity index is 1.90. The van der Waals surface area contributed by atoms with Crippen LogP contribution >= 0.6 is 0 Å². The van der Waals surface area contributed by atoms with Crippen molar-refractivity contribution in [2.75, 3.05) is 6.61 Å². The number of aliphatic hydroxyl groups excluding tert-OH is 1. The van der Waals surface area contributed by atoms with Crippen LogP contribution in [-0.4, -0.2) is 28.9 Å². The standard InChI is InChI=1S/C25H42O4/c26-21-17-12-10-8-6-4-2-1-3-5-7-9-11-16-20-24(25(27)28)29-22-23-18-14-13-15-19-23/h13-15,18-19,24,26H,1-12,16-17,20-22H2,(H,27,28). The van der Waals surface area contributed by atoms with Gasteiger partial charge in [0, 0.05) is 6.61 Å². The number of benzene rings is 1. The molecular weight excluding hydrogens is 364 g/mol. The number of aliphatic carboxylic acids is 1. The van der Waals surface area contributed by atoms with Crippen molar-refractivity contribution in [3.8, 4) is 0 Å². The van der Waals surface area contributed by atoms with Gasteiger partial charge in [-0.15, -0.1) is 0 Å². The van der Waals surface area contributed by atoms with Crippen LogP contribution in [0.3, 0.4) is 0 Å². The molecule has 0 heterocycles. The predicted molar refractivity (Wildman–Crippen MR) is 119 cm³/mol. The van der Waals surface area contributed by atoms with E-state index in [4.69, 9.17) is 9.84 Å². The van der Waals surface area contributed by atoms with E-state index in [1.54, 1.807) is 0 Å². The topological polar surface area (TPSA) is 66.8 Å². The van der Waals surface area contributed by atoms with E-state index in [0.29, 0.717) is 19.6 Å². The minimum atomic E-state index is -0.852. The molecular formula is C25H42O4. The van der Waals surface area contributed by atoms with Crippen LogP contribution in [0.25, 0.3) is 0 Å². The molecule has 1 aromatic carbocycles. The van der Waals surface area contributed by atoms with Gasteiger partial charge >= 0.3 is 5.97 Å². The molecule has 0 fully saturated rings. The Bertz CT molecular complexity index is 489. The van der Waals surface area contributed by atoms with Crippen LogP contribution < -0.4 is 0 Å². The Kier molecular flexibility index (Phi) is 16.5. The maximum atomic E-state index is 11.4. The molecule has 2 N–H and O–H groups in total. The van der Waals surface area contributed by atoms with Crippen molar-refractivity contribution >= 4 is 5.97 Å². The Morgan fingerprint density at radius 1 is 0.724 bits per heavy atom. The van der Waals surface area contributed by atoms with Gasteiger partial charge in [0.15, 0.2) is 6.10 Å². The Hall–Kier alpha value is -1.39. The number of hydrogen-bond acceptors (Lipinski definition) is 3. The van der Waals surface area contributed by atoms with E-state index in [1.807, 2.05) is 30.3 Å². The first-order chi connectivity index (χ1) is 14.2. The van der Waals surface area contributed by atoms with Gasteiger partial charge in [0.2, 0.25) is 0 Å². The number of ether oxygens (including phenoxy) is 1. The maximum Gasteiger partial charge on any atom is 0.332 e. The van der Waals surface area contributed by atoms with Crippen LogP contribution in [0.1, 0.15) is 102 Å². The molecule has 1 unspecified atom stereocenters. The molecule has 0 aliphatic carbocycles. The van der Waals surface area contributed by atoms with Crippen LogP contribution in [0.2, 0.25) is 0 Å². The molecule has 4 heteroatoms. The van der Waals surface area contributed by atoms with Gasteiger partial charge < -0.3 is 14.9 Å². The highest BCUT2D eigenvalue weighted by Gasteiger charge is 2.17. The number of unbranched alkanes of at least 4 members (excludes halogenated alkanes) is 13. The molecule has 1 aromatic rings. The average molecular weight is 407 g/mol. The first-order valence-corrected chi connectivity index (χ1v) is 11.7. The fourth-order valence-corrected chi connectivity index (χ4v) is 3.61. The molecule has 4 nitrogen and oxygen atoms in total. The third-order valence-corrected chi connectivity index (χ3v) is 5.44. The van der Waals surface area contributed by atoms with Gasteiger partial charge in [0.25, 0.3) is 0 Å². The van der Waals surface area contributed by atoms with E-state index < -0.39 is 12.1 Å². The summed E-state index contributed by atoms with van der Waals surface area (Å²) in [6.07, 6.45) is 17.0. The van der Waals surface area contributed by atoms with E-state index in [2.05, 4.69) is 0 Å². The van der Waals surface area contributed by atoms with Gasteiger partial charge in [0.1, 0.15) is 0 Å². The van der Waals surface area contributed by atoms with E-state index in [1.165, 1.54) is 70.6 Å². The highest BCUT2D eigenvalue weighted by atomic mass is 16.5. The molecule has 0 aromatic heterocycles. The van der Waals surface area contributed by atoms with Crippen molar-refractivity contribution in [3.05, 3.63) is 35.9 Å². The number of carboxylic acids is 1. The lowest BCUT2D eigenvalue weighted by molar-refractivity contribution is -0.151. The summed E-state index contributed by atoms with van der Waals surface area (Å²) in [5, 5.41) is 18.1. The van der Waals surface area contributed by atoms with Gasteiger partial charge in [-0.25, -0.2) is 4.79 Å². The second kappa shape index (κ2) is 18.6. The third-order valence-electron chi connectivity index (χ3n) is 5.44. The Morgan fingerprint density at radius 2 is 1.17 bits per heavy atom. The van der Waals surface area contributed by atoms with Crippen molar-refractivity contribution in [2.24, 2.45) is 0 Å². The minimum Gasteiger partial charge on any atom is -0.479 e. The summed E-state index contributed by atoms with van der Waals surface area (Å²) in [7, 11) is 0. The van der Waals surface area contributed by atoms with Crippen LogP contribution in [-0.2, 0) is 16.1 Å². The number of aliphatic hydroxyl groups is 1. The summed E-state index contributed by atoms with van der Waals surface area (Å²) in [6.45, 7) is 0.697. The molecule has 0 saturated heterocycles. The molecule has 0 aliphatic heterocycles. The summed E-state index contributed by atoms with van der Waals surface area (Å²) < 4.78 is 5.60. The lowest BCUT2D eigenvalue weighted by Gasteiger charge is -2.13. The van der Waals surface area contributed by atoms with Crippen LogP contribution in [0.5, 0.6) is 0 Å². The minimum absolute atomic E-state index is 0.335. The maximum absolute atomic E-state index is 11.4. The molecule has 0 aliphatic rings.